The largest absolute Gasteiger partial charge is 0.454 e. The molecule has 2 N–H and O–H groups in total. The van der Waals surface area contributed by atoms with Gasteiger partial charge in [-0.05, 0) is 24.6 Å². The standard InChI is InChI=1S/C14H12ClN3O3S/c1-6-11-13(22-4-10(19)16-14(11)18-17-6)7-2-8(15)12-9(3-7)20-5-21-12/h2-3,13H,4-5H2,1H3,(H2,16,17,18,19)/t13-/m0/s1. The lowest BCUT2D eigenvalue weighted by atomic mass is 10.0. The van der Waals surface area contributed by atoms with E-state index in [1.807, 2.05) is 19.1 Å². The fraction of sp³-hybridized carbons (Fsp3) is 0.286. The van der Waals surface area contributed by atoms with Crippen molar-refractivity contribution in [3.63, 3.8) is 0 Å². The van der Waals surface area contributed by atoms with E-state index in [1.165, 1.54) is 11.8 Å². The fourth-order valence-corrected chi connectivity index (χ4v) is 4.11. The highest BCUT2D eigenvalue weighted by atomic mass is 35.5. The second kappa shape index (κ2) is 5.10. The zero-order valence-electron chi connectivity index (χ0n) is 11.6. The third-order valence-electron chi connectivity index (χ3n) is 3.65. The number of amides is 1. The normalized spacial score (nSPS) is 19.5. The van der Waals surface area contributed by atoms with Gasteiger partial charge in [-0.25, -0.2) is 0 Å². The number of benzene rings is 1. The summed E-state index contributed by atoms with van der Waals surface area (Å²) in [6.07, 6.45) is 0. The van der Waals surface area contributed by atoms with Crippen LogP contribution in [0.25, 0.3) is 0 Å². The number of carbonyl (C=O) groups excluding carboxylic acids is 1. The van der Waals surface area contributed by atoms with E-state index in [0.29, 0.717) is 28.1 Å². The number of carbonyl (C=O) groups is 1. The van der Waals surface area contributed by atoms with Gasteiger partial charge in [-0.3, -0.25) is 9.89 Å². The highest BCUT2D eigenvalue weighted by molar-refractivity contribution is 8.00. The summed E-state index contributed by atoms with van der Waals surface area (Å²) in [5.41, 5.74) is 2.84. The molecule has 1 amide bonds. The van der Waals surface area contributed by atoms with E-state index < -0.39 is 0 Å². The van der Waals surface area contributed by atoms with Gasteiger partial charge in [0.15, 0.2) is 17.3 Å². The van der Waals surface area contributed by atoms with Crippen LogP contribution >= 0.6 is 23.4 Å². The number of thioether (sulfide) groups is 1. The molecule has 6 nitrogen and oxygen atoms in total. The maximum Gasteiger partial charge on any atom is 0.235 e. The van der Waals surface area contributed by atoms with Crippen LogP contribution in [0.3, 0.4) is 0 Å². The number of nitrogens with zero attached hydrogens (tertiary/aromatic N) is 1. The number of hydrogen-bond acceptors (Lipinski definition) is 5. The van der Waals surface area contributed by atoms with Crippen LogP contribution in [-0.4, -0.2) is 28.7 Å². The van der Waals surface area contributed by atoms with E-state index in [0.717, 1.165) is 16.8 Å². The average Bonchev–Trinajstić information content (AvgIpc) is 3.04. The molecule has 4 rings (SSSR count). The lowest BCUT2D eigenvalue weighted by molar-refractivity contribution is -0.113. The van der Waals surface area contributed by atoms with E-state index in [9.17, 15) is 4.79 Å². The number of halogens is 1. The van der Waals surface area contributed by atoms with Gasteiger partial charge < -0.3 is 14.8 Å². The quantitative estimate of drug-likeness (QED) is 0.836. The summed E-state index contributed by atoms with van der Waals surface area (Å²) in [6.45, 7) is 2.11. The summed E-state index contributed by atoms with van der Waals surface area (Å²) in [5, 5.41) is 10.4. The Kier molecular flexibility index (Phi) is 3.19. The summed E-state index contributed by atoms with van der Waals surface area (Å²) < 4.78 is 10.8. The summed E-state index contributed by atoms with van der Waals surface area (Å²) in [4.78, 5) is 11.8. The first-order chi connectivity index (χ1) is 10.6. The Morgan fingerprint density at radius 3 is 3.14 bits per heavy atom. The monoisotopic (exact) mass is 337 g/mol. The van der Waals surface area contributed by atoms with E-state index in [-0.39, 0.29) is 18.0 Å². The third kappa shape index (κ3) is 2.12. The molecule has 0 saturated heterocycles. The zero-order valence-corrected chi connectivity index (χ0v) is 13.2. The molecular formula is C14H12ClN3O3S. The zero-order chi connectivity index (χ0) is 15.3. The van der Waals surface area contributed by atoms with Gasteiger partial charge in [-0.1, -0.05) is 11.6 Å². The number of anilines is 1. The van der Waals surface area contributed by atoms with Crippen LogP contribution in [-0.2, 0) is 4.79 Å². The molecule has 2 aromatic rings. The molecule has 2 aliphatic heterocycles. The number of rotatable bonds is 1. The molecule has 1 aromatic carbocycles. The minimum atomic E-state index is -0.0629. The lowest BCUT2D eigenvalue weighted by Gasteiger charge is -2.16. The van der Waals surface area contributed by atoms with Gasteiger partial charge in [0.25, 0.3) is 0 Å². The average molecular weight is 338 g/mol. The van der Waals surface area contributed by atoms with Gasteiger partial charge in [-0.15, -0.1) is 11.8 Å². The molecule has 0 fully saturated rings. The molecule has 0 radical (unpaired) electrons. The summed E-state index contributed by atoms with van der Waals surface area (Å²) in [6, 6.07) is 3.77. The van der Waals surface area contributed by atoms with Crippen molar-refractivity contribution < 1.29 is 14.3 Å². The Labute approximate surface area is 135 Å². The Hall–Kier alpha value is -1.86. The number of aromatic nitrogens is 2. The van der Waals surface area contributed by atoms with E-state index in [1.54, 1.807) is 0 Å². The van der Waals surface area contributed by atoms with Gasteiger partial charge in [-0.2, -0.15) is 5.10 Å². The Morgan fingerprint density at radius 2 is 2.27 bits per heavy atom. The summed E-state index contributed by atoms with van der Waals surface area (Å²) in [5.74, 6) is 2.07. The molecule has 0 unspecified atom stereocenters. The second-order valence-corrected chi connectivity index (χ2v) is 6.59. The van der Waals surface area contributed by atoms with Crippen LogP contribution in [0.2, 0.25) is 5.02 Å². The molecule has 0 aliphatic carbocycles. The number of aryl methyl sites for hydroxylation is 1. The Morgan fingerprint density at radius 1 is 1.41 bits per heavy atom. The molecule has 8 heteroatoms. The van der Waals surface area contributed by atoms with Gasteiger partial charge >= 0.3 is 0 Å². The van der Waals surface area contributed by atoms with Crippen molar-refractivity contribution in [2.24, 2.45) is 0 Å². The van der Waals surface area contributed by atoms with E-state index in [2.05, 4.69) is 15.5 Å². The van der Waals surface area contributed by atoms with Crippen LogP contribution in [0.1, 0.15) is 22.1 Å². The summed E-state index contributed by atoms with van der Waals surface area (Å²) in [7, 11) is 0. The maximum absolute atomic E-state index is 11.8. The molecule has 1 atom stereocenters. The van der Waals surface area contributed by atoms with Gasteiger partial charge in [0.05, 0.1) is 16.0 Å². The minimum absolute atomic E-state index is 0.0558. The first kappa shape index (κ1) is 13.8. The van der Waals surface area contributed by atoms with Crippen LogP contribution < -0.4 is 14.8 Å². The topological polar surface area (TPSA) is 76.2 Å². The SMILES string of the molecule is Cc1[nH]nc2c1[C@H](c1cc(Cl)c3c(c1)OCO3)SCC(=O)N2. The van der Waals surface area contributed by atoms with Crippen LogP contribution in [0.4, 0.5) is 5.82 Å². The molecule has 0 saturated carbocycles. The highest BCUT2D eigenvalue weighted by Gasteiger charge is 2.30. The van der Waals surface area contributed by atoms with Crippen molar-refractivity contribution in [2.75, 3.05) is 17.9 Å². The van der Waals surface area contributed by atoms with Crippen molar-refractivity contribution in [2.45, 2.75) is 12.2 Å². The van der Waals surface area contributed by atoms with Crippen LogP contribution in [0.15, 0.2) is 12.1 Å². The molecule has 114 valence electrons. The van der Waals surface area contributed by atoms with Crippen LogP contribution in [0, 0.1) is 6.92 Å². The molecule has 0 spiro atoms. The Balaban J connectivity index is 1.84. The predicted molar refractivity (Wildman–Crippen MR) is 83.8 cm³/mol. The Bertz CT molecular complexity index is 777. The predicted octanol–water partition coefficient (Wildman–Crippen LogP) is 2.87. The van der Waals surface area contributed by atoms with Crippen molar-refractivity contribution in [3.8, 4) is 11.5 Å². The van der Waals surface area contributed by atoms with Crippen LogP contribution in [0.5, 0.6) is 11.5 Å². The first-order valence-corrected chi connectivity index (χ1v) is 8.11. The molecular weight excluding hydrogens is 326 g/mol. The summed E-state index contributed by atoms with van der Waals surface area (Å²) >= 11 is 7.82. The number of H-pyrrole nitrogens is 1. The lowest BCUT2D eigenvalue weighted by Crippen LogP contribution is -2.12. The molecule has 2 aliphatic rings. The van der Waals surface area contributed by atoms with Gasteiger partial charge in [0.2, 0.25) is 12.7 Å². The van der Waals surface area contributed by atoms with E-state index >= 15 is 0 Å². The fourth-order valence-electron chi connectivity index (χ4n) is 2.67. The van der Waals surface area contributed by atoms with Gasteiger partial charge in [0.1, 0.15) is 0 Å². The van der Waals surface area contributed by atoms with Gasteiger partial charge in [0, 0.05) is 11.3 Å². The minimum Gasteiger partial charge on any atom is -0.454 e. The van der Waals surface area contributed by atoms with Crippen molar-refractivity contribution in [3.05, 3.63) is 34.0 Å². The molecule has 3 heterocycles. The smallest absolute Gasteiger partial charge is 0.235 e. The number of fused-ring (bicyclic) bond motifs is 2. The molecule has 22 heavy (non-hydrogen) atoms. The number of hydrogen-bond donors (Lipinski definition) is 2. The highest BCUT2D eigenvalue weighted by Crippen LogP contribution is 2.47. The molecule has 1 aromatic heterocycles. The van der Waals surface area contributed by atoms with Crippen molar-refractivity contribution in [1.29, 1.82) is 0 Å². The second-order valence-electron chi connectivity index (χ2n) is 5.09. The number of ether oxygens (including phenoxy) is 2. The van der Waals surface area contributed by atoms with E-state index in [4.69, 9.17) is 21.1 Å². The number of nitrogens with one attached hydrogen (secondary N) is 2. The van der Waals surface area contributed by atoms with Crippen molar-refractivity contribution >= 4 is 35.1 Å². The third-order valence-corrected chi connectivity index (χ3v) is 5.20. The molecule has 0 bridgehead atoms. The maximum atomic E-state index is 11.8. The van der Waals surface area contributed by atoms with Crippen molar-refractivity contribution in [1.82, 2.24) is 10.2 Å². The first-order valence-electron chi connectivity index (χ1n) is 6.69. The number of aromatic amines is 1.